The molecule has 0 saturated carbocycles. The standard InChI is InChI=1S/C15H28N2O3S/c1-11(2)7-12(8-14(18)19)9-16-15(20)17-10-13-5-3-4-6-21-13/h11-13H,3-10H2,1-2H3,(H,18,19)(H2,16,17,20)/t12-,13?/m0/s1. The van der Waals surface area contributed by atoms with Crippen molar-refractivity contribution in [1.82, 2.24) is 10.6 Å². The minimum Gasteiger partial charge on any atom is -0.481 e. The Morgan fingerprint density at radius 3 is 2.62 bits per heavy atom. The number of thioether (sulfide) groups is 1. The third-order valence-electron chi connectivity index (χ3n) is 3.58. The molecule has 1 unspecified atom stereocenters. The van der Waals surface area contributed by atoms with Crippen molar-refractivity contribution in [1.29, 1.82) is 0 Å². The van der Waals surface area contributed by atoms with E-state index in [2.05, 4.69) is 24.5 Å². The maximum Gasteiger partial charge on any atom is 0.314 e. The van der Waals surface area contributed by atoms with Gasteiger partial charge in [0.25, 0.3) is 0 Å². The fourth-order valence-corrected chi connectivity index (χ4v) is 3.87. The third-order valence-corrected chi connectivity index (χ3v) is 4.98. The van der Waals surface area contributed by atoms with Crippen LogP contribution in [0.5, 0.6) is 0 Å². The van der Waals surface area contributed by atoms with E-state index < -0.39 is 5.97 Å². The average molecular weight is 316 g/mol. The van der Waals surface area contributed by atoms with E-state index in [0.717, 1.165) is 6.42 Å². The second-order valence-electron chi connectivity index (χ2n) is 6.17. The summed E-state index contributed by atoms with van der Waals surface area (Å²) >= 11 is 1.93. The summed E-state index contributed by atoms with van der Waals surface area (Å²) in [5.41, 5.74) is 0. The van der Waals surface area contributed by atoms with Crippen molar-refractivity contribution in [2.24, 2.45) is 11.8 Å². The first kappa shape index (κ1) is 18.1. The lowest BCUT2D eigenvalue weighted by molar-refractivity contribution is -0.138. The smallest absolute Gasteiger partial charge is 0.314 e. The topological polar surface area (TPSA) is 78.4 Å². The molecule has 0 aromatic heterocycles. The van der Waals surface area contributed by atoms with Crippen molar-refractivity contribution >= 4 is 23.8 Å². The van der Waals surface area contributed by atoms with E-state index in [1.807, 2.05) is 11.8 Å². The number of carbonyl (C=O) groups excluding carboxylic acids is 1. The summed E-state index contributed by atoms with van der Waals surface area (Å²) < 4.78 is 0. The number of urea groups is 1. The summed E-state index contributed by atoms with van der Waals surface area (Å²) in [5, 5.41) is 15.1. The van der Waals surface area contributed by atoms with Gasteiger partial charge in [0.1, 0.15) is 0 Å². The molecule has 1 aliphatic rings. The number of rotatable bonds is 8. The minimum absolute atomic E-state index is 0.00249. The molecule has 5 nitrogen and oxygen atoms in total. The molecule has 2 atom stereocenters. The van der Waals surface area contributed by atoms with Crippen molar-refractivity contribution in [3.8, 4) is 0 Å². The van der Waals surface area contributed by atoms with Gasteiger partial charge in [0.2, 0.25) is 0 Å². The van der Waals surface area contributed by atoms with E-state index in [9.17, 15) is 9.59 Å². The van der Waals surface area contributed by atoms with Gasteiger partial charge >= 0.3 is 12.0 Å². The van der Waals surface area contributed by atoms with Crippen LogP contribution in [-0.4, -0.2) is 41.2 Å². The monoisotopic (exact) mass is 316 g/mol. The molecular weight excluding hydrogens is 288 g/mol. The molecule has 6 heteroatoms. The van der Waals surface area contributed by atoms with Crippen LogP contribution in [0.15, 0.2) is 0 Å². The molecule has 122 valence electrons. The Kier molecular flexibility index (Phi) is 8.57. The van der Waals surface area contributed by atoms with Gasteiger partial charge in [-0.25, -0.2) is 4.79 Å². The molecule has 21 heavy (non-hydrogen) atoms. The molecule has 0 radical (unpaired) electrons. The Labute approximate surface area is 131 Å². The first-order valence-electron chi connectivity index (χ1n) is 7.82. The number of amides is 2. The zero-order valence-corrected chi connectivity index (χ0v) is 13.9. The quantitative estimate of drug-likeness (QED) is 0.643. The van der Waals surface area contributed by atoms with Gasteiger partial charge in [-0.05, 0) is 36.9 Å². The lowest BCUT2D eigenvalue weighted by atomic mass is 9.94. The second kappa shape index (κ2) is 9.92. The highest BCUT2D eigenvalue weighted by Gasteiger charge is 2.17. The van der Waals surface area contributed by atoms with Crippen LogP contribution >= 0.6 is 11.8 Å². The third kappa shape index (κ3) is 8.86. The van der Waals surface area contributed by atoms with Gasteiger partial charge < -0.3 is 15.7 Å². The molecule has 1 fully saturated rings. The Hall–Kier alpha value is -0.910. The van der Waals surface area contributed by atoms with Gasteiger partial charge in [0, 0.05) is 24.8 Å². The van der Waals surface area contributed by atoms with Gasteiger partial charge in [-0.1, -0.05) is 20.3 Å². The maximum absolute atomic E-state index is 11.8. The van der Waals surface area contributed by atoms with E-state index in [1.54, 1.807) is 0 Å². The van der Waals surface area contributed by atoms with Crippen molar-refractivity contribution < 1.29 is 14.7 Å². The maximum atomic E-state index is 11.8. The molecule has 3 N–H and O–H groups in total. The van der Waals surface area contributed by atoms with E-state index >= 15 is 0 Å². The van der Waals surface area contributed by atoms with E-state index in [0.29, 0.717) is 24.3 Å². The Balaban J connectivity index is 2.23. The number of hydrogen-bond donors (Lipinski definition) is 3. The highest BCUT2D eigenvalue weighted by atomic mass is 32.2. The van der Waals surface area contributed by atoms with Crippen LogP contribution in [0, 0.1) is 11.8 Å². The average Bonchev–Trinajstić information content (AvgIpc) is 2.42. The largest absolute Gasteiger partial charge is 0.481 e. The predicted octanol–water partition coefficient (Wildman–Crippen LogP) is 2.71. The minimum atomic E-state index is -0.804. The molecule has 2 amide bonds. The van der Waals surface area contributed by atoms with E-state index in [1.165, 1.54) is 25.0 Å². The summed E-state index contributed by atoms with van der Waals surface area (Å²) in [6.07, 6.45) is 4.61. The molecule has 1 saturated heterocycles. The van der Waals surface area contributed by atoms with E-state index in [-0.39, 0.29) is 18.4 Å². The van der Waals surface area contributed by atoms with Crippen molar-refractivity contribution in [3.05, 3.63) is 0 Å². The zero-order chi connectivity index (χ0) is 15.7. The van der Waals surface area contributed by atoms with Crippen LogP contribution in [0.2, 0.25) is 0 Å². The van der Waals surface area contributed by atoms with Crippen LogP contribution in [0.1, 0.15) is 46.0 Å². The van der Waals surface area contributed by atoms with Crippen molar-refractivity contribution in [2.75, 3.05) is 18.8 Å². The molecule has 0 aliphatic carbocycles. The number of carboxylic acids is 1. The molecule has 0 aromatic rings. The summed E-state index contributed by atoms with van der Waals surface area (Å²) in [6, 6.07) is -0.180. The number of carbonyl (C=O) groups is 2. The van der Waals surface area contributed by atoms with Gasteiger partial charge in [-0.2, -0.15) is 11.8 Å². The summed E-state index contributed by atoms with van der Waals surface area (Å²) in [6.45, 7) is 5.25. The van der Waals surface area contributed by atoms with Crippen LogP contribution < -0.4 is 10.6 Å². The summed E-state index contributed by atoms with van der Waals surface area (Å²) in [5.74, 6) is 0.805. The molecule has 0 bridgehead atoms. The normalized spacial score (nSPS) is 20.0. The van der Waals surface area contributed by atoms with Crippen LogP contribution in [0.4, 0.5) is 4.79 Å². The predicted molar refractivity (Wildman–Crippen MR) is 86.7 cm³/mol. The number of carboxylic acid groups (broad SMARTS) is 1. The highest BCUT2D eigenvalue weighted by molar-refractivity contribution is 7.99. The second-order valence-corrected chi connectivity index (χ2v) is 7.58. The van der Waals surface area contributed by atoms with Gasteiger partial charge in [0.05, 0.1) is 0 Å². The SMILES string of the molecule is CC(C)C[C@H](CNC(=O)NCC1CCCCS1)CC(=O)O. The van der Waals surface area contributed by atoms with Gasteiger partial charge in [-0.3, -0.25) is 4.79 Å². The fraction of sp³-hybridized carbons (Fsp3) is 0.867. The van der Waals surface area contributed by atoms with Crippen LogP contribution in [0.3, 0.4) is 0 Å². The first-order valence-corrected chi connectivity index (χ1v) is 8.87. The molecule has 1 rings (SSSR count). The highest BCUT2D eigenvalue weighted by Crippen LogP contribution is 2.24. The van der Waals surface area contributed by atoms with Crippen LogP contribution in [0.25, 0.3) is 0 Å². The molecule has 1 aliphatic heterocycles. The molecule has 0 spiro atoms. The Bertz CT molecular complexity index is 331. The summed E-state index contributed by atoms with van der Waals surface area (Å²) in [4.78, 5) is 22.6. The molecule has 0 aromatic carbocycles. The Morgan fingerprint density at radius 1 is 1.29 bits per heavy atom. The number of nitrogens with one attached hydrogen (secondary N) is 2. The summed E-state index contributed by atoms with van der Waals surface area (Å²) in [7, 11) is 0. The first-order chi connectivity index (χ1) is 9.97. The number of aliphatic carboxylic acids is 1. The van der Waals surface area contributed by atoms with Crippen LogP contribution in [-0.2, 0) is 4.79 Å². The zero-order valence-electron chi connectivity index (χ0n) is 13.1. The number of hydrogen-bond acceptors (Lipinski definition) is 3. The van der Waals surface area contributed by atoms with Crippen molar-refractivity contribution in [3.63, 3.8) is 0 Å². The van der Waals surface area contributed by atoms with Gasteiger partial charge in [0.15, 0.2) is 0 Å². The van der Waals surface area contributed by atoms with Gasteiger partial charge in [-0.15, -0.1) is 0 Å². The molecular formula is C15H28N2O3S. The lowest BCUT2D eigenvalue weighted by Crippen LogP contribution is -2.41. The molecule has 1 heterocycles. The fourth-order valence-electron chi connectivity index (χ4n) is 2.63. The van der Waals surface area contributed by atoms with Crippen molar-refractivity contribution in [2.45, 2.75) is 51.2 Å². The lowest BCUT2D eigenvalue weighted by Gasteiger charge is -2.22. The Morgan fingerprint density at radius 2 is 2.05 bits per heavy atom. The van der Waals surface area contributed by atoms with E-state index in [4.69, 9.17) is 5.11 Å².